The van der Waals surface area contributed by atoms with Gasteiger partial charge in [0.15, 0.2) is 11.6 Å². The standard InChI is InChI=1S/C13H14N4O/c1-3-9-5-4-8(2)10(6-9)18-11-7-16-13(15)17-12(11)14/h3-7H,1H2,2H3,(H4,14,15,16,17). The molecular weight excluding hydrogens is 228 g/mol. The van der Waals surface area contributed by atoms with E-state index < -0.39 is 0 Å². The molecule has 0 unspecified atom stereocenters. The summed E-state index contributed by atoms with van der Waals surface area (Å²) in [6, 6.07) is 5.77. The molecule has 2 rings (SSSR count). The van der Waals surface area contributed by atoms with E-state index in [0.717, 1.165) is 11.1 Å². The van der Waals surface area contributed by atoms with Crippen LogP contribution in [0.25, 0.3) is 6.08 Å². The molecular formula is C13H14N4O. The third kappa shape index (κ3) is 2.40. The van der Waals surface area contributed by atoms with E-state index in [4.69, 9.17) is 16.2 Å². The smallest absolute Gasteiger partial charge is 0.222 e. The van der Waals surface area contributed by atoms with Crippen LogP contribution in [0.3, 0.4) is 0 Å². The summed E-state index contributed by atoms with van der Waals surface area (Å²) in [4.78, 5) is 7.69. The number of aryl methyl sites for hydroxylation is 1. The minimum absolute atomic E-state index is 0.122. The minimum Gasteiger partial charge on any atom is -0.452 e. The zero-order chi connectivity index (χ0) is 13.1. The maximum Gasteiger partial charge on any atom is 0.222 e. The lowest BCUT2D eigenvalue weighted by molar-refractivity contribution is 0.477. The van der Waals surface area contributed by atoms with Gasteiger partial charge in [-0.25, -0.2) is 4.98 Å². The molecule has 92 valence electrons. The molecule has 0 radical (unpaired) electrons. The van der Waals surface area contributed by atoms with Gasteiger partial charge in [0.05, 0.1) is 6.20 Å². The SMILES string of the molecule is C=Cc1ccc(C)c(Oc2cnc(N)nc2N)c1. The number of rotatable bonds is 3. The van der Waals surface area contributed by atoms with Crippen LogP contribution in [-0.2, 0) is 0 Å². The van der Waals surface area contributed by atoms with Gasteiger partial charge in [-0.05, 0) is 24.1 Å². The summed E-state index contributed by atoms with van der Waals surface area (Å²) in [5.74, 6) is 1.41. The molecule has 0 saturated carbocycles. The maximum atomic E-state index is 5.71. The Balaban J connectivity index is 2.36. The molecule has 1 heterocycles. The van der Waals surface area contributed by atoms with Gasteiger partial charge in [-0.1, -0.05) is 24.8 Å². The summed E-state index contributed by atoms with van der Waals surface area (Å²) in [7, 11) is 0. The normalized spacial score (nSPS) is 10.1. The Bertz CT molecular complexity index is 596. The number of ether oxygens (including phenoxy) is 1. The van der Waals surface area contributed by atoms with Gasteiger partial charge in [0.25, 0.3) is 0 Å². The lowest BCUT2D eigenvalue weighted by Crippen LogP contribution is -2.01. The first-order chi connectivity index (χ1) is 8.60. The molecule has 0 aliphatic heterocycles. The fourth-order valence-corrected chi connectivity index (χ4v) is 1.45. The molecule has 0 bridgehead atoms. The number of hydrogen-bond donors (Lipinski definition) is 2. The summed E-state index contributed by atoms with van der Waals surface area (Å²) in [5.41, 5.74) is 13.1. The molecule has 0 aliphatic carbocycles. The Morgan fingerprint density at radius 2 is 2.06 bits per heavy atom. The number of benzene rings is 1. The summed E-state index contributed by atoms with van der Waals surface area (Å²) in [6.07, 6.45) is 3.20. The highest BCUT2D eigenvalue weighted by atomic mass is 16.5. The molecule has 0 fully saturated rings. The Kier molecular flexibility index (Phi) is 3.14. The highest BCUT2D eigenvalue weighted by Gasteiger charge is 2.07. The second-order valence-corrected chi connectivity index (χ2v) is 3.81. The van der Waals surface area contributed by atoms with Gasteiger partial charge < -0.3 is 16.2 Å². The summed E-state index contributed by atoms with van der Waals surface area (Å²) >= 11 is 0. The zero-order valence-electron chi connectivity index (χ0n) is 10.1. The minimum atomic E-state index is 0.122. The van der Waals surface area contributed by atoms with Crippen LogP contribution >= 0.6 is 0 Å². The second kappa shape index (κ2) is 4.75. The molecule has 18 heavy (non-hydrogen) atoms. The van der Waals surface area contributed by atoms with E-state index in [0.29, 0.717) is 11.5 Å². The van der Waals surface area contributed by atoms with Gasteiger partial charge in [-0.2, -0.15) is 4.98 Å². The van der Waals surface area contributed by atoms with Crippen molar-refractivity contribution in [1.82, 2.24) is 9.97 Å². The van der Waals surface area contributed by atoms with Gasteiger partial charge in [0, 0.05) is 0 Å². The molecule has 0 saturated heterocycles. The van der Waals surface area contributed by atoms with E-state index in [1.54, 1.807) is 6.08 Å². The Hall–Kier alpha value is -2.56. The van der Waals surface area contributed by atoms with Crippen molar-refractivity contribution in [2.75, 3.05) is 11.5 Å². The van der Waals surface area contributed by atoms with Crippen molar-refractivity contribution < 1.29 is 4.74 Å². The average molecular weight is 242 g/mol. The van der Waals surface area contributed by atoms with Crippen molar-refractivity contribution in [3.05, 3.63) is 42.1 Å². The van der Waals surface area contributed by atoms with E-state index in [2.05, 4.69) is 16.5 Å². The third-order valence-electron chi connectivity index (χ3n) is 2.47. The predicted molar refractivity (Wildman–Crippen MR) is 72.2 cm³/mol. The molecule has 0 atom stereocenters. The quantitative estimate of drug-likeness (QED) is 0.862. The third-order valence-corrected chi connectivity index (χ3v) is 2.47. The molecule has 1 aromatic carbocycles. The largest absolute Gasteiger partial charge is 0.452 e. The van der Waals surface area contributed by atoms with Crippen LogP contribution in [0.1, 0.15) is 11.1 Å². The van der Waals surface area contributed by atoms with E-state index in [1.807, 2.05) is 25.1 Å². The molecule has 0 amide bonds. The summed E-state index contributed by atoms with van der Waals surface area (Å²) < 4.78 is 5.68. The van der Waals surface area contributed by atoms with Crippen LogP contribution in [-0.4, -0.2) is 9.97 Å². The maximum absolute atomic E-state index is 5.71. The molecule has 2 aromatic rings. The molecule has 1 aromatic heterocycles. The van der Waals surface area contributed by atoms with Crippen LogP contribution in [0.5, 0.6) is 11.5 Å². The second-order valence-electron chi connectivity index (χ2n) is 3.81. The van der Waals surface area contributed by atoms with Crippen LogP contribution in [0.15, 0.2) is 31.0 Å². The first-order valence-electron chi connectivity index (χ1n) is 5.39. The van der Waals surface area contributed by atoms with E-state index in [-0.39, 0.29) is 11.8 Å². The van der Waals surface area contributed by atoms with E-state index >= 15 is 0 Å². The van der Waals surface area contributed by atoms with Crippen LogP contribution in [0.2, 0.25) is 0 Å². The van der Waals surface area contributed by atoms with Crippen molar-refractivity contribution >= 4 is 17.8 Å². The first-order valence-corrected chi connectivity index (χ1v) is 5.39. The van der Waals surface area contributed by atoms with Gasteiger partial charge in [0.1, 0.15) is 5.75 Å². The lowest BCUT2D eigenvalue weighted by atomic mass is 10.1. The van der Waals surface area contributed by atoms with E-state index in [1.165, 1.54) is 6.20 Å². The highest BCUT2D eigenvalue weighted by Crippen LogP contribution is 2.29. The monoisotopic (exact) mass is 242 g/mol. The van der Waals surface area contributed by atoms with Gasteiger partial charge >= 0.3 is 0 Å². The molecule has 4 N–H and O–H groups in total. The average Bonchev–Trinajstić information content (AvgIpc) is 2.35. The fraction of sp³-hybridized carbons (Fsp3) is 0.0769. The number of hydrogen-bond acceptors (Lipinski definition) is 5. The van der Waals surface area contributed by atoms with Crippen LogP contribution in [0, 0.1) is 6.92 Å². The number of nitrogens with zero attached hydrogens (tertiary/aromatic N) is 2. The van der Waals surface area contributed by atoms with E-state index in [9.17, 15) is 0 Å². The molecule has 0 aliphatic rings. The number of nitrogen functional groups attached to an aromatic ring is 2. The Morgan fingerprint density at radius 3 is 2.72 bits per heavy atom. The van der Waals surface area contributed by atoms with Crippen molar-refractivity contribution in [3.8, 4) is 11.5 Å². The number of aromatic nitrogens is 2. The molecule has 5 heteroatoms. The van der Waals surface area contributed by atoms with Crippen LogP contribution in [0.4, 0.5) is 11.8 Å². The van der Waals surface area contributed by atoms with Crippen molar-refractivity contribution in [1.29, 1.82) is 0 Å². The van der Waals surface area contributed by atoms with Crippen molar-refractivity contribution in [2.45, 2.75) is 6.92 Å². The Labute approximate surface area is 105 Å². The lowest BCUT2D eigenvalue weighted by Gasteiger charge is -2.10. The van der Waals surface area contributed by atoms with Gasteiger partial charge in [0.2, 0.25) is 5.95 Å². The number of nitrogens with two attached hydrogens (primary N) is 2. The molecule has 0 spiro atoms. The van der Waals surface area contributed by atoms with Gasteiger partial charge in [-0.15, -0.1) is 0 Å². The summed E-state index contributed by atoms with van der Waals surface area (Å²) in [5, 5.41) is 0. The van der Waals surface area contributed by atoms with Crippen molar-refractivity contribution in [2.24, 2.45) is 0 Å². The Morgan fingerprint density at radius 1 is 1.28 bits per heavy atom. The zero-order valence-corrected chi connectivity index (χ0v) is 10.1. The topological polar surface area (TPSA) is 87.0 Å². The van der Waals surface area contributed by atoms with Crippen LogP contribution < -0.4 is 16.2 Å². The fourth-order valence-electron chi connectivity index (χ4n) is 1.45. The molecule has 5 nitrogen and oxygen atoms in total. The van der Waals surface area contributed by atoms with Crippen molar-refractivity contribution in [3.63, 3.8) is 0 Å². The number of anilines is 2. The van der Waals surface area contributed by atoms with Gasteiger partial charge in [-0.3, -0.25) is 0 Å². The highest BCUT2D eigenvalue weighted by molar-refractivity contribution is 5.54. The predicted octanol–water partition coefficient (Wildman–Crippen LogP) is 2.38. The summed E-state index contributed by atoms with van der Waals surface area (Å²) in [6.45, 7) is 5.66. The first kappa shape index (κ1) is 11.9.